The molecule has 0 aliphatic carbocycles. The van der Waals surface area contributed by atoms with Crippen molar-refractivity contribution in [2.45, 2.75) is 19.8 Å². The minimum Gasteiger partial charge on any atom is -0.509 e. The van der Waals surface area contributed by atoms with Crippen LogP contribution in [0.3, 0.4) is 0 Å². The van der Waals surface area contributed by atoms with Gasteiger partial charge in [-0.25, -0.2) is 4.98 Å². The van der Waals surface area contributed by atoms with Gasteiger partial charge in [-0.2, -0.15) is 17.1 Å². The maximum absolute atomic E-state index is 6.40. The number of para-hydroxylation sites is 3. The van der Waals surface area contributed by atoms with Crippen molar-refractivity contribution >= 4 is 38.9 Å². The van der Waals surface area contributed by atoms with Gasteiger partial charge in [0.1, 0.15) is 17.2 Å². The number of pyridine rings is 1. The van der Waals surface area contributed by atoms with Gasteiger partial charge in [0.2, 0.25) is 0 Å². The second kappa shape index (κ2) is 12.1. The molecule has 0 atom stereocenters. The predicted molar refractivity (Wildman–Crippen MR) is 181 cm³/mol. The van der Waals surface area contributed by atoms with Crippen LogP contribution in [0, 0.1) is 12.1 Å². The fraction of sp³-hybridized carbons (Fsp3) is 0.103. The monoisotopic (exact) mass is 782 g/mol. The van der Waals surface area contributed by atoms with Crippen molar-refractivity contribution in [2.24, 2.45) is 0 Å². The van der Waals surface area contributed by atoms with E-state index in [9.17, 15) is 0 Å². The first kappa shape index (κ1) is 29.8. The van der Waals surface area contributed by atoms with Crippen LogP contribution < -0.4 is 14.9 Å². The normalized spacial score (nSPS) is 12.5. The summed E-state index contributed by atoms with van der Waals surface area (Å²) in [7, 11) is 1.94. The van der Waals surface area contributed by atoms with Gasteiger partial charge in [-0.05, 0) is 58.3 Å². The Bertz CT molecular complexity index is 2210. The van der Waals surface area contributed by atoms with Gasteiger partial charge in [0.15, 0.2) is 0 Å². The topological polar surface area (TPSA) is 46.3 Å². The third-order valence-electron chi connectivity index (χ3n) is 8.31. The molecule has 1 N–H and O–H groups in total. The Labute approximate surface area is 282 Å². The number of benzene rings is 5. The van der Waals surface area contributed by atoms with Crippen LogP contribution >= 0.6 is 0 Å². The van der Waals surface area contributed by atoms with Crippen molar-refractivity contribution in [3.05, 3.63) is 139 Å². The van der Waals surface area contributed by atoms with E-state index in [1.165, 1.54) is 11.1 Å². The molecule has 0 saturated carbocycles. The Kier molecular flexibility index (Phi) is 7.85. The molecule has 2 aromatic heterocycles. The van der Waals surface area contributed by atoms with Crippen molar-refractivity contribution in [1.82, 2.24) is 9.55 Å². The molecule has 230 valence electrons. The van der Waals surface area contributed by atoms with Gasteiger partial charge < -0.3 is 9.30 Å². The summed E-state index contributed by atoms with van der Waals surface area (Å²) in [4.78, 5) is 9.54. The molecule has 0 spiro atoms. The van der Waals surface area contributed by atoms with Gasteiger partial charge >= 0.3 is 0 Å². The first-order valence-electron chi connectivity index (χ1n) is 15.1. The van der Waals surface area contributed by atoms with Gasteiger partial charge in [0.25, 0.3) is 0 Å². The van der Waals surface area contributed by atoms with Crippen LogP contribution in [0.4, 0.5) is 17.1 Å². The molecule has 0 fully saturated rings. The molecule has 0 amide bonds. The van der Waals surface area contributed by atoms with E-state index >= 15 is 0 Å². The summed E-state index contributed by atoms with van der Waals surface area (Å²) in [6.07, 6.45) is 1.89. The molecular weight excluding hydrogens is 752 g/mol. The second-order valence-corrected chi connectivity index (χ2v) is 11.5. The molecule has 8 rings (SSSR count). The summed E-state index contributed by atoms with van der Waals surface area (Å²) in [6.45, 7) is 4.46. The molecule has 7 heteroatoms. The van der Waals surface area contributed by atoms with Crippen LogP contribution in [0.5, 0.6) is 11.5 Å². The molecule has 0 saturated heterocycles. The van der Waals surface area contributed by atoms with Crippen molar-refractivity contribution in [2.75, 3.05) is 17.2 Å². The number of hydrogen-bond acceptors (Lipinski definition) is 4. The second-order valence-electron chi connectivity index (χ2n) is 11.5. The maximum atomic E-state index is 6.40. The molecule has 3 heterocycles. The minimum atomic E-state index is 0. The number of nitrogens with zero attached hydrogens (tertiary/aromatic N) is 4. The minimum absolute atomic E-state index is 0. The average molecular weight is 783 g/mol. The molecule has 6 nitrogen and oxygen atoms in total. The summed E-state index contributed by atoms with van der Waals surface area (Å²) >= 11 is 0. The predicted octanol–water partition coefficient (Wildman–Crippen LogP) is 9.79. The van der Waals surface area contributed by atoms with E-state index in [0.29, 0.717) is 17.4 Å². The van der Waals surface area contributed by atoms with Crippen LogP contribution in [-0.4, -0.2) is 21.5 Å². The Morgan fingerprint density at radius 3 is 2.37 bits per heavy atom. The summed E-state index contributed by atoms with van der Waals surface area (Å²) in [5, 5.41) is 5.96. The van der Waals surface area contributed by atoms with E-state index in [4.69, 9.17) is 14.7 Å². The zero-order valence-corrected chi connectivity index (χ0v) is 27.9. The van der Waals surface area contributed by atoms with E-state index < -0.39 is 0 Å². The Morgan fingerprint density at radius 2 is 1.50 bits per heavy atom. The van der Waals surface area contributed by atoms with Crippen molar-refractivity contribution in [1.29, 1.82) is 0 Å². The molecule has 0 unspecified atom stereocenters. The van der Waals surface area contributed by atoms with Crippen molar-refractivity contribution in [3.63, 3.8) is 0 Å². The average Bonchev–Trinajstić information content (AvgIpc) is 3.59. The summed E-state index contributed by atoms with van der Waals surface area (Å²) in [5.74, 6) is 2.41. The zero-order chi connectivity index (χ0) is 30.5. The fourth-order valence-corrected chi connectivity index (χ4v) is 6.21. The van der Waals surface area contributed by atoms with Crippen molar-refractivity contribution in [3.8, 4) is 28.4 Å². The third-order valence-corrected chi connectivity index (χ3v) is 8.31. The largest absolute Gasteiger partial charge is 0.509 e. The first-order valence-corrected chi connectivity index (χ1v) is 15.1. The molecule has 7 aromatic rings. The standard InChI is InChI=1S/C39H30N4O2.Pt/c1-26(2)31-13-4-5-14-32(31)27-21-22-40-39(23-27)42-35-16-7-6-15-33(35)34-20-19-30(25-38(34)42)44-29-12-10-11-28(24-29)43-37-18-9-8-17-36(37)41(3)45-43;/h4-23,26H,1-3H3;/q-2;/p+1. The maximum Gasteiger partial charge on any atom is 0.145 e. The van der Waals surface area contributed by atoms with Gasteiger partial charge in [0.05, 0.1) is 7.05 Å². The molecule has 0 radical (unpaired) electrons. The molecule has 46 heavy (non-hydrogen) atoms. The third kappa shape index (κ3) is 5.14. The number of anilines is 3. The summed E-state index contributed by atoms with van der Waals surface area (Å²) < 4.78 is 8.57. The molecule has 5 aromatic carbocycles. The molecule has 0 bridgehead atoms. The summed E-state index contributed by atoms with van der Waals surface area (Å²) in [6, 6.07) is 46.3. The van der Waals surface area contributed by atoms with E-state index in [2.05, 4.69) is 109 Å². The SMILES string of the molecule is CC(C)c1ccccc1-c1ccnc(-n2c3[c-]c(Oc4[c-]c(N5[OH+]N(C)c6ccccc65)ccc4)ccc3c3ccccc32)c1.[Pt]. The number of fused-ring (bicyclic) bond motifs is 4. The number of rotatable bonds is 6. The fourth-order valence-electron chi connectivity index (χ4n) is 6.21. The Balaban J connectivity index is 0.00000338. The van der Waals surface area contributed by atoms with E-state index in [1.807, 2.05) is 59.8 Å². The quantitative estimate of drug-likeness (QED) is 0.125. The van der Waals surface area contributed by atoms with E-state index in [1.54, 1.807) is 0 Å². The molecule has 1 aliphatic heterocycles. The molecule has 1 aliphatic rings. The smallest absolute Gasteiger partial charge is 0.145 e. The molecular formula is C39H31N4O2Pt-. The van der Waals surface area contributed by atoms with Gasteiger partial charge in [-0.15, -0.1) is 45.8 Å². The van der Waals surface area contributed by atoms with Gasteiger partial charge in [-0.1, -0.05) is 74.0 Å². The van der Waals surface area contributed by atoms with Gasteiger partial charge in [0, 0.05) is 50.0 Å². The van der Waals surface area contributed by atoms with Crippen LogP contribution in [0.15, 0.2) is 121 Å². The van der Waals surface area contributed by atoms with E-state index in [0.717, 1.165) is 50.2 Å². The van der Waals surface area contributed by atoms with Gasteiger partial charge in [-0.3, -0.25) is 0 Å². The number of hydroxylamine groups is 1. The van der Waals surface area contributed by atoms with E-state index in [-0.39, 0.29) is 21.1 Å². The van der Waals surface area contributed by atoms with Crippen LogP contribution in [0.1, 0.15) is 25.3 Å². The van der Waals surface area contributed by atoms with Crippen LogP contribution in [-0.2, 0) is 21.1 Å². The Hall–Kier alpha value is -4.90. The van der Waals surface area contributed by atoms with Crippen LogP contribution in [0.25, 0.3) is 38.8 Å². The summed E-state index contributed by atoms with van der Waals surface area (Å²) in [5.41, 5.74) is 8.46. The van der Waals surface area contributed by atoms with Crippen molar-refractivity contribution < 1.29 is 30.7 Å². The van der Waals surface area contributed by atoms with Crippen LogP contribution in [0.2, 0.25) is 0 Å². The zero-order valence-electron chi connectivity index (χ0n) is 25.6. The first-order chi connectivity index (χ1) is 22.0. The Morgan fingerprint density at radius 1 is 0.739 bits per heavy atom. The number of hydrogen-bond donors (Lipinski definition) is 0. The number of ether oxygens (including phenoxy) is 1. The number of aromatic nitrogens is 2.